The zero-order chi connectivity index (χ0) is 31.6. The maximum absolute atomic E-state index is 10.1. The summed E-state index contributed by atoms with van der Waals surface area (Å²) < 4.78 is 11.6. The Bertz CT molecular complexity index is 2020. The lowest BCUT2D eigenvalue weighted by atomic mass is 9.95. The second-order valence-electron chi connectivity index (χ2n) is 10.7. The Balaban J connectivity index is 1.49. The topological polar surface area (TPSA) is 139 Å². The van der Waals surface area contributed by atoms with E-state index in [-0.39, 0.29) is 12.1 Å². The number of fused-ring (bicyclic) bond motifs is 1. The van der Waals surface area contributed by atoms with Crippen LogP contribution in [0.15, 0.2) is 73.1 Å². The maximum Gasteiger partial charge on any atom is 0.109 e. The molecule has 1 fully saturated rings. The molecule has 0 aliphatic heterocycles. The molecule has 1 saturated carbocycles. The highest BCUT2D eigenvalue weighted by atomic mass is 35.5. The quantitative estimate of drug-likeness (QED) is 0.168. The number of rotatable bonds is 10. The third-order valence-corrected chi connectivity index (χ3v) is 8.08. The number of nitrogens with one attached hydrogen (secondary N) is 2. The summed E-state index contributed by atoms with van der Waals surface area (Å²) in [5, 5.41) is 45.7. The minimum absolute atomic E-state index is 0.261. The first-order valence-electron chi connectivity index (χ1n) is 14.8. The van der Waals surface area contributed by atoms with Crippen LogP contribution in [0.25, 0.3) is 10.9 Å². The van der Waals surface area contributed by atoms with Gasteiger partial charge in [0.2, 0.25) is 0 Å². The van der Waals surface area contributed by atoms with Crippen LogP contribution >= 0.6 is 11.6 Å². The Morgan fingerprint density at radius 1 is 1.05 bits per heavy atom. The van der Waals surface area contributed by atoms with E-state index in [9.17, 15) is 17.2 Å². The van der Waals surface area contributed by atoms with Gasteiger partial charge in [-0.25, -0.2) is 4.68 Å². The SMILES string of the molecule is [2H]C(Nc1cc(Cl)c2ncc(C#N)c(N[C@H](CCC#N)c3ccccc3)c2c1)(c1cn(C2CC2)nn1)c1cccc(C#N)c1C. The number of nitriles is 3. The zero-order valence-electron chi connectivity index (χ0n) is 24.9. The Morgan fingerprint density at radius 2 is 1.84 bits per heavy atom. The Kier molecular flexibility index (Phi) is 7.74. The van der Waals surface area contributed by atoms with E-state index < -0.39 is 6.02 Å². The third-order valence-electron chi connectivity index (χ3n) is 7.79. The lowest BCUT2D eigenvalue weighted by Crippen LogP contribution is -2.15. The van der Waals surface area contributed by atoms with Crippen LogP contribution in [0.5, 0.6) is 0 Å². The van der Waals surface area contributed by atoms with Crippen molar-refractivity contribution in [3.8, 4) is 18.2 Å². The molecule has 5 aromatic rings. The summed E-state index contributed by atoms with van der Waals surface area (Å²) in [6.45, 7) is 1.81. The smallest absolute Gasteiger partial charge is 0.109 e. The van der Waals surface area contributed by atoms with Crippen molar-refractivity contribution in [2.45, 2.75) is 50.7 Å². The molecule has 0 saturated heterocycles. The van der Waals surface area contributed by atoms with Gasteiger partial charge in [0, 0.05) is 23.7 Å². The Morgan fingerprint density at radius 3 is 2.57 bits per heavy atom. The first-order chi connectivity index (χ1) is 21.9. The predicted octanol–water partition coefficient (Wildman–Crippen LogP) is 7.52. The predicted molar refractivity (Wildman–Crippen MR) is 169 cm³/mol. The maximum atomic E-state index is 10.1. The standard InChI is InChI=1S/C34H28ClN9/c1-21-23(17-37)9-5-10-27(21)34(31-20-44(43-42-31)26-12-13-26)40-25-15-28-32(24(18-38)19-39-33(28)29(35)16-25)41-30(11-6-14-36)22-7-3-2-4-8-22/h2-5,7-10,15-16,19-20,26,30,34,40H,6,11-13H2,1H3,(H,39,41)/t30-,34?/m1/s1/i34D. The molecule has 2 heterocycles. The summed E-state index contributed by atoms with van der Waals surface area (Å²) in [7, 11) is 0. The molecule has 2 aromatic heterocycles. The molecule has 1 aliphatic carbocycles. The van der Waals surface area contributed by atoms with Crippen molar-refractivity contribution in [1.29, 1.82) is 15.8 Å². The van der Waals surface area contributed by atoms with Gasteiger partial charge in [0.15, 0.2) is 0 Å². The van der Waals surface area contributed by atoms with Crippen LogP contribution in [-0.2, 0) is 0 Å². The number of hydrogen-bond acceptors (Lipinski definition) is 8. The van der Waals surface area contributed by atoms with Gasteiger partial charge in [-0.3, -0.25) is 4.98 Å². The summed E-state index contributed by atoms with van der Waals surface area (Å²) in [5.41, 5.74) is 4.79. The minimum atomic E-state index is -1.64. The molecule has 3 aromatic carbocycles. The van der Waals surface area contributed by atoms with Gasteiger partial charge in [0.1, 0.15) is 11.8 Å². The van der Waals surface area contributed by atoms with Crippen LogP contribution in [0.1, 0.15) is 78.7 Å². The van der Waals surface area contributed by atoms with Crippen molar-refractivity contribution in [1.82, 2.24) is 20.0 Å². The molecule has 0 bridgehead atoms. The van der Waals surface area contributed by atoms with Crippen molar-refractivity contribution in [3.05, 3.63) is 112 Å². The van der Waals surface area contributed by atoms with E-state index in [1.54, 1.807) is 35.1 Å². The fourth-order valence-electron chi connectivity index (χ4n) is 5.31. The zero-order valence-corrected chi connectivity index (χ0v) is 24.7. The molecule has 0 spiro atoms. The molecular weight excluding hydrogens is 570 g/mol. The van der Waals surface area contributed by atoms with Crippen LogP contribution in [-0.4, -0.2) is 20.0 Å². The molecule has 1 aliphatic rings. The Labute approximate surface area is 261 Å². The molecule has 0 amide bonds. The van der Waals surface area contributed by atoms with Crippen LogP contribution in [0, 0.1) is 40.9 Å². The normalized spacial score (nSPS) is 14.8. The molecule has 1 unspecified atom stereocenters. The third kappa shape index (κ3) is 5.77. The monoisotopic (exact) mass is 598 g/mol. The summed E-state index contributed by atoms with van der Waals surface area (Å²) in [6, 6.07) is 23.5. The largest absolute Gasteiger partial charge is 0.377 e. The molecule has 2 N–H and O–H groups in total. The van der Waals surface area contributed by atoms with E-state index in [0.29, 0.717) is 68.1 Å². The molecule has 2 atom stereocenters. The lowest BCUT2D eigenvalue weighted by molar-refractivity contribution is 0.610. The van der Waals surface area contributed by atoms with Crippen LogP contribution in [0.4, 0.5) is 11.4 Å². The van der Waals surface area contributed by atoms with E-state index >= 15 is 0 Å². The van der Waals surface area contributed by atoms with E-state index in [4.69, 9.17) is 11.6 Å². The minimum Gasteiger partial charge on any atom is -0.377 e. The highest BCUT2D eigenvalue weighted by Crippen LogP contribution is 2.39. The highest BCUT2D eigenvalue weighted by molar-refractivity contribution is 6.35. The van der Waals surface area contributed by atoms with Gasteiger partial charge in [0.25, 0.3) is 0 Å². The second kappa shape index (κ2) is 12.4. The van der Waals surface area contributed by atoms with Crippen LogP contribution < -0.4 is 10.6 Å². The van der Waals surface area contributed by atoms with Gasteiger partial charge in [-0.1, -0.05) is 59.3 Å². The number of hydrogen-bond donors (Lipinski definition) is 2. The molecule has 10 heteroatoms. The molecular formula is C34H28ClN9. The average Bonchev–Trinajstić information content (AvgIpc) is 3.78. The van der Waals surface area contributed by atoms with Crippen molar-refractivity contribution >= 4 is 33.9 Å². The van der Waals surface area contributed by atoms with Crippen LogP contribution in [0.2, 0.25) is 5.02 Å². The summed E-state index contributed by atoms with van der Waals surface area (Å²) in [5.74, 6) is 0. The lowest BCUT2D eigenvalue weighted by Gasteiger charge is -2.23. The van der Waals surface area contributed by atoms with Gasteiger partial charge in [-0.2, -0.15) is 15.8 Å². The van der Waals surface area contributed by atoms with Crippen molar-refractivity contribution in [2.75, 3.05) is 10.6 Å². The Hall–Kier alpha value is -5.43. The fraction of sp³-hybridized carbons (Fsp3) is 0.235. The molecule has 216 valence electrons. The van der Waals surface area contributed by atoms with Gasteiger partial charge < -0.3 is 10.6 Å². The number of nitrogens with zero attached hydrogens (tertiary/aromatic N) is 7. The molecule has 44 heavy (non-hydrogen) atoms. The number of anilines is 2. The second-order valence-corrected chi connectivity index (χ2v) is 11.1. The van der Waals surface area contributed by atoms with Crippen molar-refractivity contribution < 1.29 is 1.37 Å². The number of halogens is 1. The first kappa shape index (κ1) is 27.4. The van der Waals surface area contributed by atoms with E-state index in [1.807, 2.05) is 43.3 Å². The van der Waals surface area contributed by atoms with E-state index in [2.05, 4.69) is 44.1 Å². The molecule has 0 radical (unpaired) electrons. The number of aromatic nitrogens is 4. The van der Waals surface area contributed by atoms with Crippen LogP contribution in [0.3, 0.4) is 0 Å². The van der Waals surface area contributed by atoms with Gasteiger partial charge in [0.05, 0.1) is 65.2 Å². The first-order valence-corrected chi connectivity index (χ1v) is 14.7. The van der Waals surface area contributed by atoms with Gasteiger partial charge >= 0.3 is 0 Å². The summed E-state index contributed by atoms with van der Waals surface area (Å²) in [6.07, 6.45) is 6.11. The van der Waals surface area contributed by atoms with E-state index in [1.165, 1.54) is 6.20 Å². The number of benzene rings is 3. The van der Waals surface area contributed by atoms with E-state index in [0.717, 1.165) is 18.4 Å². The highest BCUT2D eigenvalue weighted by Gasteiger charge is 2.28. The van der Waals surface area contributed by atoms with Crippen molar-refractivity contribution in [3.63, 3.8) is 0 Å². The average molecular weight is 599 g/mol. The van der Waals surface area contributed by atoms with Gasteiger partial charge in [-0.05, 0) is 61.1 Å². The fourth-order valence-corrected chi connectivity index (χ4v) is 5.58. The number of pyridine rings is 1. The summed E-state index contributed by atoms with van der Waals surface area (Å²) >= 11 is 6.83. The molecule has 6 rings (SSSR count). The van der Waals surface area contributed by atoms with Crippen molar-refractivity contribution in [2.24, 2.45) is 0 Å². The summed E-state index contributed by atoms with van der Waals surface area (Å²) in [4.78, 5) is 4.49. The van der Waals surface area contributed by atoms with Gasteiger partial charge in [-0.15, -0.1) is 5.10 Å². The molecule has 9 nitrogen and oxygen atoms in total.